The fourth-order valence-electron chi connectivity index (χ4n) is 1.88. The molecule has 0 saturated carbocycles. The van der Waals surface area contributed by atoms with E-state index in [9.17, 15) is 8.42 Å². The van der Waals surface area contributed by atoms with Crippen LogP contribution in [0.2, 0.25) is 0 Å². The highest BCUT2D eigenvalue weighted by atomic mass is 32.2. The number of nitrogens with zero attached hydrogens (tertiary/aromatic N) is 1. The average molecular weight is 244 g/mol. The minimum absolute atomic E-state index is 0.212. The monoisotopic (exact) mass is 244 g/mol. The molecule has 90 valence electrons. The Balaban J connectivity index is 2.20. The molecule has 0 atom stereocenters. The van der Waals surface area contributed by atoms with Gasteiger partial charge in [-0.15, -0.1) is 0 Å². The van der Waals surface area contributed by atoms with E-state index in [1.54, 1.807) is 6.26 Å². The van der Waals surface area contributed by atoms with E-state index >= 15 is 0 Å². The van der Waals surface area contributed by atoms with E-state index in [0.29, 0.717) is 31.0 Å². The number of rotatable bonds is 2. The van der Waals surface area contributed by atoms with Crippen molar-refractivity contribution in [1.82, 2.24) is 4.98 Å². The van der Waals surface area contributed by atoms with Crippen LogP contribution in [0, 0.1) is 0 Å². The summed E-state index contributed by atoms with van der Waals surface area (Å²) in [6, 6.07) is 0. The minimum atomic E-state index is -2.85. The molecule has 2 rings (SSSR count). The lowest BCUT2D eigenvalue weighted by atomic mass is 9.84. The van der Waals surface area contributed by atoms with E-state index in [1.165, 1.54) is 0 Å². The maximum atomic E-state index is 11.4. The van der Waals surface area contributed by atoms with Crippen LogP contribution in [0.4, 0.5) is 0 Å². The van der Waals surface area contributed by atoms with Crippen LogP contribution >= 0.6 is 0 Å². The number of hydrogen-bond donors (Lipinski definition) is 1. The first kappa shape index (κ1) is 11.6. The third kappa shape index (κ3) is 2.12. The normalized spacial score (nSPS) is 23.1. The summed E-state index contributed by atoms with van der Waals surface area (Å²) >= 11 is 0. The molecule has 1 fully saturated rings. The van der Waals surface area contributed by atoms with Gasteiger partial charge in [-0.25, -0.2) is 13.4 Å². The molecule has 0 unspecified atom stereocenters. The zero-order valence-corrected chi connectivity index (χ0v) is 10.1. The highest BCUT2D eigenvalue weighted by Crippen LogP contribution is 2.35. The molecule has 0 radical (unpaired) electrons. The van der Waals surface area contributed by atoms with Crippen molar-refractivity contribution in [3.8, 4) is 0 Å². The lowest BCUT2D eigenvalue weighted by Crippen LogP contribution is -2.34. The zero-order chi connectivity index (χ0) is 11.8. The summed E-state index contributed by atoms with van der Waals surface area (Å²) in [7, 11) is -2.85. The first-order valence-corrected chi connectivity index (χ1v) is 7.13. The second-order valence-electron chi connectivity index (χ2n) is 4.56. The molecule has 6 heteroatoms. The van der Waals surface area contributed by atoms with Crippen LogP contribution in [0.25, 0.3) is 0 Å². The maximum Gasteiger partial charge on any atom is 0.200 e. The van der Waals surface area contributed by atoms with Gasteiger partial charge in [-0.3, -0.25) is 0 Å². The summed E-state index contributed by atoms with van der Waals surface area (Å²) in [5.41, 5.74) is 5.91. The van der Waals surface area contributed by atoms with Gasteiger partial charge in [-0.05, 0) is 12.8 Å². The summed E-state index contributed by atoms with van der Waals surface area (Å²) in [6.45, 7) is 2.34. The Kier molecular flexibility index (Phi) is 2.79. The highest BCUT2D eigenvalue weighted by Gasteiger charge is 2.38. The van der Waals surface area contributed by atoms with Gasteiger partial charge in [0.15, 0.2) is 5.89 Å². The maximum absolute atomic E-state index is 11.4. The van der Waals surface area contributed by atoms with Crippen LogP contribution in [0.5, 0.6) is 0 Å². The molecule has 0 bridgehead atoms. The number of oxazole rings is 1. The van der Waals surface area contributed by atoms with E-state index in [0.717, 1.165) is 0 Å². The van der Waals surface area contributed by atoms with E-state index in [4.69, 9.17) is 10.2 Å². The Labute approximate surface area is 95.0 Å². The molecule has 1 aromatic heterocycles. The Morgan fingerprint density at radius 3 is 2.62 bits per heavy atom. The van der Waals surface area contributed by atoms with Crippen molar-refractivity contribution in [2.75, 3.05) is 11.5 Å². The predicted octanol–water partition coefficient (Wildman–Crippen LogP) is 0.600. The van der Waals surface area contributed by atoms with Crippen molar-refractivity contribution < 1.29 is 12.8 Å². The van der Waals surface area contributed by atoms with Crippen LogP contribution in [-0.4, -0.2) is 24.9 Å². The van der Waals surface area contributed by atoms with Crippen LogP contribution in [0.1, 0.15) is 31.4 Å². The van der Waals surface area contributed by atoms with Crippen molar-refractivity contribution in [1.29, 1.82) is 0 Å². The standard InChI is InChI=1S/C10H16N2O3S/c1-10(2-4-16(13,14)5-3-10)9-12-8(6-11)7-15-9/h7H,2-6,11H2,1H3. The molecule has 1 aliphatic heterocycles. The quantitative estimate of drug-likeness (QED) is 0.823. The first-order valence-electron chi connectivity index (χ1n) is 5.31. The van der Waals surface area contributed by atoms with Crippen LogP contribution in [0.15, 0.2) is 10.7 Å². The van der Waals surface area contributed by atoms with Crippen LogP contribution in [-0.2, 0) is 21.8 Å². The lowest BCUT2D eigenvalue weighted by Gasteiger charge is -2.29. The Bertz CT molecular complexity index is 464. The van der Waals surface area contributed by atoms with Gasteiger partial charge in [-0.2, -0.15) is 0 Å². The Morgan fingerprint density at radius 2 is 2.12 bits per heavy atom. The second kappa shape index (κ2) is 3.85. The first-order chi connectivity index (χ1) is 7.45. The van der Waals surface area contributed by atoms with Gasteiger partial charge in [0.1, 0.15) is 16.1 Å². The molecular weight excluding hydrogens is 228 g/mol. The molecular formula is C10H16N2O3S. The molecule has 2 N–H and O–H groups in total. The number of aromatic nitrogens is 1. The molecule has 0 amide bonds. The van der Waals surface area contributed by atoms with E-state index in [1.807, 2.05) is 6.92 Å². The van der Waals surface area contributed by atoms with Gasteiger partial charge in [-0.1, -0.05) is 6.92 Å². The fraction of sp³-hybridized carbons (Fsp3) is 0.700. The molecule has 0 aromatic carbocycles. The molecule has 2 heterocycles. The van der Waals surface area contributed by atoms with Crippen molar-refractivity contribution in [2.45, 2.75) is 31.7 Å². The molecule has 0 aliphatic carbocycles. The molecule has 5 nitrogen and oxygen atoms in total. The van der Waals surface area contributed by atoms with Gasteiger partial charge < -0.3 is 10.2 Å². The number of sulfone groups is 1. The third-order valence-corrected chi connectivity index (χ3v) is 4.86. The van der Waals surface area contributed by atoms with E-state index < -0.39 is 9.84 Å². The van der Waals surface area contributed by atoms with Crippen molar-refractivity contribution in [3.05, 3.63) is 17.8 Å². The molecule has 1 saturated heterocycles. The van der Waals surface area contributed by atoms with Gasteiger partial charge in [0.05, 0.1) is 17.2 Å². The zero-order valence-electron chi connectivity index (χ0n) is 9.27. The summed E-state index contributed by atoms with van der Waals surface area (Å²) in [6.07, 6.45) is 2.68. The number of nitrogens with two attached hydrogens (primary N) is 1. The van der Waals surface area contributed by atoms with Gasteiger partial charge in [0, 0.05) is 12.0 Å². The fourth-order valence-corrected chi connectivity index (χ4v) is 3.61. The molecule has 1 aromatic rings. The highest BCUT2D eigenvalue weighted by molar-refractivity contribution is 7.91. The van der Waals surface area contributed by atoms with Crippen LogP contribution in [0.3, 0.4) is 0 Å². The van der Waals surface area contributed by atoms with Crippen molar-refractivity contribution >= 4 is 9.84 Å². The van der Waals surface area contributed by atoms with Gasteiger partial charge >= 0.3 is 0 Å². The third-order valence-electron chi connectivity index (χ3n) is 3.21. The van der Waals surface area contributed by atoms with Crippen molar-refractivity contribution in [2.24, 2.45) is 5.73 Å². The van der Waals surface area contributed by atoms with E-state index in [-0.39, 0.29) is 16.9 Å². The van der Waals surface area contributed by atoms with Crippen molar-refractivity contribution in [3.63, 3.8) is 0 Å². The Hall–Kier alpha value is -0.880. The summed E-state index contributed by atoms with van der Waals surface area (Å²) in [4.78, 5) is 4.29. The Morgan fingerprint density at radius 1 is 1.50 bits per heavy atom. The van der Waals surface area contributed by atoms with Crippen LogP contribution < -0.4 is 5.73 Å². The number of hydrogen-bond acceptors (Lipinski definition) is 5. The van der Waals surface area contributed by atoms with E-state index in [2.05, 4.69) is 4.98 Å². The van der Waals surface area contributed by atoms with Gasteiger partial charge in [0.2, 0.25) is 0 Å². The average Bonchev–Trinajstić information content (AvgIpc) is 2.72. The predicted molar refractivity (Wildman–Crippen MR) is 59.6 cm³/mol. The SMILES string of the molecule is CC1(c2nc(CN)co2)CCS(=O)(=O)CC1. The topological polar surface area (TPSA) is 86.2 Å². The largest absolute Gasteiger partial charge is 0.448 e. The second-order valence-corrected chi connectivity index (χ2v) is 6.86. The minimum Gasteiger partial charge on any atom is -0.448 e. The lowest BCUT2D eigenvalue weighted by molar-refractivity contribution is 0.318. The molecule has 16 heavy (non-hydrogen) atoms. The summed E-state index contributed by atoms with van der Waals surface area (Å²) in [5, 5.41) is 0. The smallest absolute Gasteiger partial charge is 0.200 e. The summed E-state index contributed by atoms with van der Waals surface area (Å²) < 4.78 is 28.1. The molecule has 1 aliphatic rings. The molecule has 0 spiro atoms. The summed E-state index contributed by atoms with van der Waals surface area (Å²) in [5.74, 6) is 1.04. The van der Waals surface area contributed by atoms with Gasteiger partial charge in [0.25, 0.3) is 0 Å².